The van der Waals surface area contributed by atoms with Gasteiger partial charge in [0, 0.05) is 22.8 Å². The normalized spacial score (nSPS) is 15.3. The van der Waals surface area contributed by atoms with E-state index in [1.54, 1.807) is 0 Å². The van der Waals surface area contributed by atoms with E-state index in [4.69, 9.17) is 0 Å². The minimum Gasteiger partial charge on any atom is -0.310 e. The molecule has 0 radical (unpaired) electrons. The molecule has 0 fully saturated rings. The molecule has 0 spiro atoms. The molecule has 0 aliphatic carbocycles. The van der Waals surface area contributed by atoms with E-state index >= 15 is 0 Å². The maximum Gasteiger partial charge on any atom is 0.108 e. The zero-order chi connectivity index (χ0) is 12.7. The summed E-state index contributed by atoms with van der Waals surface area (Å²) in [5, 5.41) is 0. The van der Waals surface area contributed by atoms with Gasteiger partial charge in [0.1, 0.15) is 6.63 Å². The Kier molecular flexibility index (Phi) is 4.23. The maximum absolute atomic E-state index is 11.9. The van der Waals surface area contributed by atoms with Gasteiger partial charge in [0.2, 0.25) is 0 Å². The van der Waals surface area contributed by atoms with Crippen LogP contribution < -0.4 is 0 Å². The van der Waals surface area contributed by atoms with Crippen molar-refractivity contribution in [2.75, 3.05) is 0 Å². The van der Waals surface area contributed by atoms with Gasteiger partial charge in [-0.1, -0.05) is 58.9 Å². The lowest BCUT2D eigenvalue weighted by Crippen LogP contribution is -2.84. The second-order valence-electron chi connectivity index (χ2n) is 7.68. The zero-order valence-electron chi connectivity index (χ0n) is 12.0. The van der Waals surface area contributed by atoms with E-state index in [-0.39, 0.29) is 0 Å². The van der Waals surface area contributed by atoms with Crippen LogP contribution in [0.5, 0.6) is 0 Å². The van der Waals surface area contributed by atoms with Crippen LogP contribution in [0.25, 0.3) is 0 Å². The summed E-state index contributed by atoms with van der Waals surface area (Å²) in [5.74, 6) is 1.51. The van der Waals surface area contributed by atoms with Gasteiger partial charge in [-0.25, -0.2) is 0 Å². The Morgan fingerprint density at radius 1 is 0.600 bits per heavy atom. The lowest BCUT2D eigenvalue weighted by atomic mass is 11.8. The summed E-state index contributed by atoms with van der Waals surface area (Å²) in [6, 6.07) is 0. The molecule has 0 heterocycles. The van der Waals surface area contributed by atoms with Crippen molar-refractivity contribution < 1.29 is 4.79 Å². The van der Waals surface area contributed by atoms with Crippen LogP contribution in [0.2, 0.25) is 58.9 Å². The highest BCUT2D eigenvalue weighted by Crippen LogP contribution is 2.34. The van der Waals surface area contributed by atoms with Crippen molar-refractivity contribution in [3.8, 4) is 0 Å². The van der Waals surface area contributed by atoms with Crippen molar-refractivity contribution in [1.29, 1.82) is 0 Å². The largest absolute Gasteiger partial charge is 0.310 e. The number of rotatable bonds is 4. The van der Waals surface area contributed by atoms with E-state index in [9.17, 15) is 4.79 Å². The number of hydrogen-bond acceptors (Lipinski definition) is 1. The van der Waals surface area contributed by atoms with Crippen LogP contribution >= 0.6 is 0 Å². The average Bonchev–Trinajstić information content (AvgIpc) is 1.76. The Labute approximate surface area is 99.1 Å². The van der Waals surface area contributed by atoms with Crippen LogP contribution in [0, 0.1) is 0 Å². The van der Waals surface area contributed by atoms with Crippen molar-refractivity contribution in [3.63, 3.8) is 0 Å². The molecule has 15 heavy (non-hydrogen) atoms. The van der Waals surface area contributed by atoms with Gasteiger partial charge in [-0.15, -0.1) is 0 Å². The maximum atomic E-state index is 11.9. The summed E-state index contributed by atoms with van der Waals surface area (Å²) in [6.07, 6.45) is 0. The summed E-state index contributed by atoms with van der Waals surface area (Å²) in [6.45, 7) is 20.3. The summed E-state index contributed by atoms with van der Waals surface area (Å²) < 4.78 is 0. The molecule has 0 amide bonds. The lowest BCUT2D eigenvalue weighted by molar-refractivity contribution is 0.568. The van der Waals surface area contributed by atoms with E-state index in [0.717, 1.165) is 0 Å². The molecule has 0 rings (SSSR count). The third kappa shape index (κ3) is 2.45. The molecule has 0 saturated carbocycles. The summed E-state index contributed by atoms with van der Waals surface area (Å²) in [7, 11) is -3.94. The molecule has 0 aromatic carbocycles. The summed E-state index contributed by atoms with van der Waals surface area (Å²) in [5.41, 5.74) is 0. The molecule has 5 heteroatoms. The first-order valence-electron chi connectivity index (χ1n) is 5.77. The van der Waals surface area contributed by atoms with E-state index in [2.05, 4.69) is 58.9 Å². The highest BCUT2D eigenvalue weighted by Gasteiger charge is 2.62. The molecule has 0 aliphatic heterocycles. The summed E-state index contributed by atoms with van der Waals surface area (Å²) >= 11 is 0. The molecule has 0 saturated heterocycles. The first-order valence-corrected chi connectivity index (χ1v) is 21.4. The van der Waals surface area contributed by atoms with Gasteiger partial charge in [0.25, 0.3) is 0 Å². The van der Waals surface area contributed by atoms with Crippen molar-refractivity contribution in [2.45, 2.75) is 58.9 Å². The van der Waals surface area contributed by atoms with E-state index < -0.39 is 29.4 Å². The molecule has 0 unspecified atom stereocenters. The van der Waals surface area contributed by atoms with Gasteiger partial charge < -0.3 is 4.79 Å². The molecule has 0 aliphatic rings. The van der Waals surface area contributed by atoms with Crippen molar-refractivity contribution >= 4 is 35.3 Å². The third-order valence-electron chi connectivity index (χ3n) is 3.73. The topological polar surface area (TPSA) is 17.1 Å². The fraction of sp³-hybridized carbons (Fsp3) is 0.900. The Balaban J connectivity index is 5.89. The third-order valence-corrected chi connectivity index (χ3v) is 74.0. The predicted octanol–water partition coefficient (Wildman–Crippen LogP) is 3.46. The molecule has 0 N–H and O–H groups in total. The Bertz CT molecular complexity index is 206. The Morgan fingerprint density at radius 3 is 0.800 bits per heavy atom. The quantitative estimate of drug-likeness (QED) is 0.568. The molecule has 0 aromatic rings. The Hall–Kier alpha value is 0.538. The molecule has 90 valence electrons. The van der Waals surface area contributed by atoms with E-state index in [0.29, 0.717) is 0 Å². The highest BCUT2D eigenvalue weighted by atomic mass is 29.9. The first-order chi connectivity index (χ1) is 6.31. The predicted molar refractivity (Wildman–Crippen MR) is 82.5 cm³/mol. The summed E-state index contributed by atoms with van der Waals surface area (Å²) in [4.78, 5) is 11.9. The SMILES string of the molecule is C[Si](C)(C)[Si](C=O)([Si](C)(C)C)[Si](C)(C)C. The monoisotopic (exact) mass is 276 g/mol. The molecule has 0 aromatic heterocycles. The Morgan fingerprint density at radius 2 is 0.800 bits per heavy atom. The second-order valence-corrected chi connectivity index (χ2v) is 48.1. The molecule has 0 bridgehead atoms. The number of carbonyl (C=O) groups excluding carboxylic acids is 1. The minimum absolute atomic E-state index is 1.31. The molecular weight excluding hydrogens is 248 g/mol. The van der Waals surface area contributed by atoms with Crippen LogP contribution in [0.4, 0.5) is 0 Å². The number of hydrogen-bond donors (Lipinski definition) is 0. The van der Waals surface area contributed by atoms with Gasteiger partial charge in [-0.2, -0.15) is 0 Å². The molecule has 0 atom stereocenters. The second kappa shape index (κ2) is 4.09. The van der Waals surface area contributed by atoms with Crippen molar-refractivity contribution in [2.24, 2.45) is 0 Å². The lowest BCUT2D eigenvalue weighted by Gasteiger charge is -2.53. The fourth-order valence-corrected chi connectivity index (χ4v) is 95.9. The van der Waals surface area contributed by atoms with Gasteiger partial charge in [-0.3, -0.25) is 0 Å². The van der Waals surface area contributed by atoms with Crippen molar-refractivity contribution in [3.05, 3.63) is 0 Å². The van der Waals surface area contributed by atoms with Crippen LogP contribution in [-0.2, 0) is 4.79 Å². The fourth-order valence-electron chi connectivity index (χ4n) is 3.91. The van der Waals surface area contributed by atoms with Gasteiger partial charge in [0.15, 0.2) is 0 Å². The van der Waals surface area contributed by atoms with Crippen LogP contribution in [0.3, 0.4) is 0 Å². The van der Waals surface area contributed by atoms with E-state index in [1.807, 2.05) is 0 Å². The van der Waals surface area contributed by atoms with Crippen molar-refractivity contribution in [1.82, 2.24) is 0 Å². The van der Waals surface area contributed by atoms with Crippen LogP contribution in [0.15, 0.2) is 0 Å². The number of carbonyl (C=O) groups is 1. The highest BCUT2D eigenvalue weighted by molar-refractivity contribution is 7.95. The van der Waals surface area contributed by atoms with Crippen LogP contribution in [-0.4, -0.2) is 35.3 Å². The van der Waals surface area contributed by atoms with E-state index in [1.165, 1.54) is 5.91 Å². The average molecular weight is 277 g/mol. The van der Waals surface area contributed by atoms with Gasteiger partial charge >= 0.3 is 0 Å². The minimum atomic E-state index is -1.64. The van der Waals surface area contributed by atoms with Gasteiger partial charge in [0.05, 0.1) is 5.91 Å². The standard InChI is InChI=1S/C10H28OSi4/c1-12(2,3)15(10-11,13(4,5)6)14(7,8)9/h10H,1-9H3. The zero-order valence-corrected chi connectivity index (χ0v) is 16.0. The first kappa shape index (κ1) is 15.5. The van der Waals surface area contributed by atoms with Gasteiger partial charge in [-0.05, 0) is 0 Å². The van der Waals surface area contributed by atoms with Crippen LogP contribution in [0.1, 0.15) is 0 Å². The smallest absolute Gasteiger partial charge is 0.108 e. The molecule has 1 nitrogen and oxygen atoms in total. The molecular formula is C10H28OSi4.